The van der Waals surface area contributed by atoms with Gasteiger partial charge in [0.25, 0.3) is 0 Å². The van der Waals surface area contributed by atoms with Crippen molar-refractivity contribution in [3.05, 3.63) is 40.7 Å². The summed E-state index contributed by atoms with van der Waals surface area (Å²) >= 11 is 8.97. The second-order valence-electron chi connectivity index (χ2n) is 5.93. The Labute approximate surface area is 170 Å². The predicted molar refractivity (Wildman–Crippen MR) is 111 cm³/mol. The standard InChI is InChI=1S/C18H19ClN4O2S2/c1-11(2)23-17(15-5-4-8-26-15)21-22-18(23)27-10-16(24)20-13-9-12(19)6-7-14(13)25-3/h4-9,11H,10H2,1-3H3,(H,20,24). The Morgan fingerprint density at radius 3 is 2.85 bits per heavy atom. The molecule has 2 aromatic heterocycles. The minimum atomic E-state index is -0.170. The third-order valence-electron chi connectivity index (χ3n) is 3.69. The van der Waals surface area contributed by atoms with Crippen LogP contribution in [0.3, 0.4) is 0 Å². The molecule has 0 atom stereocenters. The molecule has 6 nitrogen and oxygen atoms in total. The zero-order valence-electron chi connectivity index (χ0n) is 15.1. The number of hydrogen-bond acceptors (Lipinski definition) is 6. The van der Waals surface area contributed by atoms with Gasteiger partial charge < -0.3 is 10.1 Å². The predicted octanol–water partition coefficient (Wildman–Crippen LogP) is 4.98. The molecule has 0 saturated heterocycles. The summed E-state index contributed by atoms with van der Waals surface area (Å²) in [5, 5.41) is 14.7. The highest BCUT2D eigenvalue weighted by Crippen LogP contribution is 2.31. The normalized spacial score (nSPS) is 11.0. The number of benzene rings is 1. The van der Waals surface area contributed by atoms with Gasteiger partial charge in [0.1, 0.15) is 5.75 Å². The molecule has 0 aliphatic heterocycles. The van der Waals surface area contributed by atoms with Gasteiger partial charge in [0, 0.05) is 11.1 Å². The SMILES string of the molecule is COc1ccc(Cl)cc1NC(=O)CSc1nnc(-c2cccs2)n1C(C)C. The van der Waals surface area contributed by atoms with E-state index in [4.69, 9.17) is 16.3 Å². The largest absolute Gasteiger partial charge is 0.495 e. The Balaban J connectivity index is 1.72. The van der Waals surface area contributed by atoms with Gasteiger partial charge in [0.15, 0.2) is 11.0 Å². The van der Waals surface area contributed by atoms with Crippen molar-refractivity contribution < 1.29 is 9.53 Å². The molecule has 0 fully saturated rings. The molecule has 2 heterocycles. The average molecular weight is 423 g/mol. The smallest absolute Gasteiger partial charge is 0.234 e. The lowest BCUT2D eigenvalue weighted by molar-refractivity contribution is -0.113. The van der Waals surface area contributed by atoms with E-state index in [-0.39, 0.29) is 17.7 Å². The van der Waals surface area contributed by atoms with Crippen molar-refractivity contribution in [3.8, 4) is 16.5 Å². The van der Waals surface area contributed by atoms with Gasteiger partial charge >= 0.3 is 0 Å². The lowest BCUT2D eigenvalue weighted by Gasteiger charge is -2.13. The number of anilines is 1. The number of methoxy groups -OCH3 is 1. The number of thiophene rings is 1. The van der Waals surface area contributed by atoms with Gasteiger partial charge in [0.2, 0.25) is 5.91 Å². The summed E-state index contributed by atoms with van der Waals surface area (Å²) in [5.74, 6) is 1.41. The molecule has 1 amide bonds. The van der Waals surface area contributed by atoms with Crippen molar-refractivity contribution in [1.82, 2.24) is 14.8 Å². The van der Waals surface area contributed by atoms with Crippen molar-refractivity contribution in [3.63, 3.8) is 0 Å². The second-order valence-corrected chi connectivity index (χ2v) is 8.26. The van der Waals surface area contributed by atoms with E-state index in [9.17, 15) is 4.79 Å². The van der Waals surface area contributed by atoms with E-state index >= 15 is 0 Å². The molecule has 1 aromatic carbocycles. The van der Waals surface area contributed by atoms with E-state index in [1.165, 1.54) is 11.8 Å². The Morgan fingerprint density at radius 1 is 1.37 bits per heavy atom. The van der Waals surface area contributed by atoms with Gasteiger partial charge in [-0.2, -0.15) is 0 Å². The number of carbonyl (C=O) groups excluding carboxylic acids is 1. The van der Waals surface area contributed by atoms with Gasteiger partial charge in [-0.05, 0) is 43.5 Å². The average Bonchev–Trinajstić information content (AvgIpc) is 3.29. The molecule has 0 radical (unpaired) electrons. The van der Waals surface area contributed by atoms with Crippen molar-refractivity contribution in [2.45, 2.75) is 25.0 Å². The highest BCUT2D eigenvalue weighted by Gasteiger charge is 2.18. The maximum Gasteiger partial charge on any atom is 0.234 e. The zero-order valence-corrected chi connectivity index (χ0v) is 17.5. The number of thioether (sulfide) groups is 1. The topological polar surface area (TPSA) is 69.0 Å². The molecule has 27 heavy (non-hydrogen) atoms. The number of ether oxygens (including phenoxy) is 1. The maximum atomic E-state index is 12.4. The lowest BCUT2D eigenvalue weighted by atomic mass is 10.3. The van der Waals surface area contributed by atoms with Crippen LogP contribution in [-0.4, -0.2) is 33.5 Å². The van der Waals surface area contributed by atoms with Crippen LogP contribution in [0.2, 0.25) is 5.02 Å². The first-order valence-electron chi connectivity index (χ1n) is 8.24. The minimum absolute atomic E-state index is 0.170. The Kier molecular flexibility index (Phi) is 6.41. The number of rotatable bonds is 7. The van der Waals surface area contributed by atoms with Crippen LogP contribution in [0, 0.1) is 0 Å². The highest BCUT2D eigenvalue weighted by atomic mass is 35.5. The van der Waals surface area contributed by atoms with Gasteiger partial charge in [-0.1, -0.05) is 29.4 Å². The summed E-state index contributed by atoms with van der Waals surface area (Å²) in [6, 6.07) is 9.26. The molecule has 0 saturated carbocycles. The molecule has 0 aliphatic carbocycles. The summed E-state index contributed by atoms with van der Waals surface area (Å²) in [7, 11) is 1.55. The van der Waals surface area contributed by atoms with Crippen LogP contribution < -0.4 is 10.1 Å². The molecular formula is C18H19ClN4O2S2. The van der Waals surface area contributed by atoms with Crippen LogP contribution in [0.4, 0.5) is 5.69 Å². The number of aromatic nitrogens is 3. The number of hydrogen-bond donors (Lipinski definition) is 1. The van der Waals surface area contributed by atoms with Gasteiger partial charge in [-0.3, -0.25) is 9.36 Å². The molecule has 0 aliphatic rings. The highest BCUT2D eigenvalue weighted by molar-refractivity contribution is 7.99. The Morgan fingerprint density at radius 2 is 2.19 bits per heavy atom. The summed E-state index contributed by atoms with van der Waals surface area (Å²) < 4.78 is 7.30. The van der Waals surface area contributed by atoms with Gasteiger partial charge in [-0.25, -0.2) is 0 Å². The summed E-state index contributed by atoms with van der Waals surface area (Å²) in [5.41, 5.74) is 0.542. The second kappa shape index (κ2) is 8.77. The number of nitrogens with zero attached hydrogens (tertiary/aromatic N) is 3. The number of halogens is 1. The molecule has 0 spiro atoms. The van der Waals surface area contributed by atoms with Crippen molar-refractivity contribution in [2.75, 3.05) is 18.2 Å². The van der Waals surface area contributed by atoms with Crippen LogP contribution >= 0.6 is 34.7 Å². The lowest BCUT2D eigenvalue weighted by Crippen LogP contribution is -2.15. The Bertz CT molecular complexity index is 926. The fourth-order valence-corrected chi connectivity index (χ4v) is 4.25. The van der Waals surface area contributed by atoms with E-state index in [0.717, 1.165) is 10.7 Å². The third-order valence-corrected chi connectivity index (χ3v) is 5.73. The number of nitrogens with one attached hydrogen (secondary N) is 1. The van der Waals surface area contributed by atoms with E-state index < -0.39 is 0 Å². The third kappa shape index (κ3) is 4.63. The van der Waals surface area contributed by atoms with Crippen LogP contribution in [0.1, 0.15) is 19.9 Å². The molecule has 1 N–H and O–H groups in total. The molecule has 0 bridgehead atoms. The van der Waals surface area contributed by atoms with Gasteiger partial charge in [0.05, 0.1) is 23.4 Å². The summed E-state index contributed by atoms with van der Waals surface area (Å²) in [4.78, 5) is 13.4. The Hall–Kier alpha value is -2.03. The fourth-order valence-electron chi connectivity index (χ4n) is 2.51. The molecular weight excluding hydrogens is 404 g/mol. The van der Waals surface area contributed by atoms with Crippen molar-refractivity contribution in [2.24, 2.45) is 0 Å². The van der Waals surface area contributed by atoms with Crippen LogP contribution in [0.5, 0.6) is 5.75 Å². The molecule has 0 unspecified atom stereocenters. The van der Waals surface area contributed by atoms with E-state index in [1.807, 2.05) is 22.1 Å². The van der Waals surface area contributed by atoms with Crippen LogP contribution in [0.25, 0.3) is 10.7 Å². The monoisotopic (exact) mass is 422 g/mol. The minimum Gasteiger partial charge on any atom is -0.495 e. The van der Waals surface area contributed by atoms with Crippen molar-refractivity contribution in [1.29, 1.82) is 0 Å². The van der Waals surface area contributed by atoms with Crippen LogP contribution in [-0.2, 0) is 4.79 Å². The zero-order chi connectivity index (χ0) is 19.4. The van der Waals surface area contributed by atoms with E-state index in [2.05, 4.69) is 29.4 Å². The fraction of sp³-hybridized carbons (Fsp3) is 0.278. The first-order valence-corrected chi connectivity index (χ1v) is 10.5. The molecule has 3 aromatic rings. The van der Waals surface area contributed by atoms with Gasteiger partial charge in [-0.15, -0.1) is 21.5 Å². The maximum absolute atomic E-state index is 12.4. The van der Waals surface area contributed by atoms with Crippen LogP contribution in [0.15, 0.2) is 40.9 Å². The first kappa shape index (κ1) is 19.7. The quantitative estimate of drug-likeness (QED) is 0.544. The first-order chi connectivity index (χ1) is 13.0. The van der Waals surface area contributed by atoms with Crippen molar-refractivity contribution >= 4 is 46.3 Å². The molecule has 142 valence electrons. The molecule has 3 rings (SSSR count). The van der Waals surface area contributed by atoms with E-state index in [0.29, 0.717) is 21.6 Å². The molecule has 9 heteroatoms. The summed E-state index contributed by atoms with van der Waals surface area (Å²) in [6.45, 7) is 4.14. The van der Waals surface area contributed by atoms with E-state index in [1.54, 1.807) is 36.6 Å². The number of amides is 1. The number of carbonyl (C=O) groups is 1. The summed E-state index contributed by atoms with van der Waals surface area (Å²) in [6.07, 6.45) is 0.